The van der Waals surface area contributed by atoms with Crippen LogP contribution in [-0.2, 0) is 6.54 Å². The Kier molecular flexibility index (Phi) is 7.75. The Morgan fingerprint density at radius 3 is 2.64 bits per heavy atom. The number of aromatic nitrogens is 1. The van der Waals surface area contributed by atoms with E-state index in [4.69, 9.17) is 4.52 Å². The van der Waals surface area contributed by atoms with Crippen molar-refractivity contribution in [1.29, 1.82) is 0 Å². The molecule has 1 aliphatic heterocycles. The van der Waals surface area contributed by atoms with Gasteiger partial charge in [0, 0.05) is 32.7 Å². The highest BCUT2D eigenvalue weighted by molar-refractivity contribution is 5.79. The standard InChI is InChI=1S/C19H35N5O/c1-14(2)18-10-17(25-23-18)11-22-19(20-5)21-7-6-8-24-12-15(3)9-16(4)13-24/h10,14-16H,6-9,11-13H2,1-5H3,(H2,20,21,22). The Morgan fingerprint density at radius 2 is 2.04 bits per heavy atom. The Labute approximate surface area is 152 Å². The predicted molar refractivity (Wildman–Crippen MR) is 103 cm³/mol. The molecule has 0 spiro atoms. The second-order valence-electron chi connectivity index (χ2n) is 7.78. The van der Waals surface area contributed by atoms with Crippen LogP contribution in [0.25, 0.3) is 0 Å². The molecule has 2 unspecified atom stereocenters. The van der Waals surface area contributed by atoms with Crippen LogP contribution in [0, 0.1) is 11.8 Å². The first kappa shape index (κ1) is 19.8. The molecule has 0 saturated carbocycles. The molecule has 0 aromatic carbocycles. The minimum atomic E-state index is 0.384. The molecule has 1 aromatic heterocycles. The van der Waals surface area contributed by atoms with Crippen molar-refractivity contribution in [2.45, 2.75) is 53.0 Å². The number of likely N-dealkylation sites (tertiary alicyclic amines) is 1. The number of hydrogen-bond donors (Lipinski definition) is 2. The van der Waals surface area contributed by atoms with Gasteiger partial charge in [-0.05, 0) is 37.1 Å². The third-order valence-electron chi connectivity index (χ3n) is 4.71. The topological polar surface area (TPSA) is 65.7 Å². The monoisotopic (exact) mass is 349 g/mol. The molecule has 1 aliphatic rings. The predicted octanol–water partition coefficient (Wildman–Crippen LogP) is 2.83. The van der Waals surface area contributed by atoms with Crippen molar-refractivity contribution < 1.29 is 4.52 Å². The van der Waals surface area contributed by atoms with Gasteiger partial charge in [0.15, 0.2) is 11.7 Å². The minimum absolute atomic E-state index is 0.384. The van der Waals surface area contributed by atoms with Crippen LogP contribution in [-0.4, -0.2) is 49.2 Å². The first-order valence-corrected chi connectivity index (χ1v) is 9.60. The van der Waals surface area contributed by atoms with E-state index in [9.17, 15) is 0 Å². The molecule has 1 aromatic rings. The number of aliphatic imine (C=N–C) groups is 1. The zero-order valence-corrected chi connectivity index (χ0v) is 16.5. The molecule has 2 atom stereocenters. The van der Waals surface area contributed by atoms with E-state index in [1.54, 1.807) is 7.05 Å². The lowest BCUT2D eigenvalue weighted by Gasteiger charge is -2.35. The van der Waals surface area contributed by atoms with Crippen LogP contribution in [0.3, 0.4) is 0 Å². The van der Waals surface area contributed by atoms with Crippen molar-refractivity contribution in [3.8, 4) is 0 Å². The maximum atomic E-state index is 5.34. The minimum Gasteiger partial charge on any atom is -0.359 e. The van der Waals surface area contributed by atoms with Crippen molar-refractivity contribution in [3.05, 3.63) is 17.5 Å². The number of hydrogen-bond acceptors (Lipinski definition) is 4. The molecular formula is C19H35N5O. The fourth-order valence-corrected chi connectivity index (χ4v) is 3.56. The molecule has 2 N–H and O–H groups in total. The van der Waals surface area contributed by atoms with Gasteiger partial charge in [0.1, 0.15) is 0 Å². The highest BCUT2D eigenvalue weighted by Gasteiger charge is 2.20. The van der Waals surface area contributed by atoms with E-state index in [0.717, 1.165) is 48.8 Å². The average molecular weight is 350 g/mol. The number of rotatable bonds is 7. The summed E-state index contributed by atoms with van der Waals surface area (Å²) in [4.78, 5) is 6.87. The van der Waals surface area contributed by atoms with Crippen LogP contribution in [0.1, 0.15) is 57.9 Å². The van der Waals surface area contributed by atoms with Crippen molar-refractivity contribution in [2.75, 3.05) is 33.2 Å². The van der Waals surface area contributed by atoms with Gasteiger partial charge in [0.25, 0.3) is 0 Å². The van der Waals surface area contributed by atoms with E-state index in [1.807, 2.05) is 6.07 Å². The van der Waals surface area contributed by atoms with Gasteiger partial charge in [-0.3, -0.25) is 4.99 Å². The number of nitrogens with zero attached hydrogens (tertiary/aromatic N) is 3. The van der Waals surface area contributed by atoms with Gasteiger partial charge in [-0.25, -0.2) is 0 Å². The fourth-order valence-electron chi connectivity index (χ4n) is 3.56. The van der Waals surface area contributed by atoms with E-state index in [0.29, 0.717) is 12.5 Å². The van der Waals surface area contributed by atoms with Gasteiger partial charge in [-0.1, -0.05) is 32.9 Å². The van der Waals surface area contributed by atoms with Crippen molar-refractivity contribution >= 4 is 5.96 Å². The zero-order valence-electron chi connectivity index (χ0n) is 16.5. The summed E-state index contributed by atoms with van der Waals surface area (Å²) in [7, 11) is 1.79. The number of nitrogens with one attached hydrogen (secondary N) is 2. The normalized spacial score (nSPS) is 22.4. The summed E-state index contributed by atoms with van der Waals surface area (Å²) in [5, 5.41) is 10.7. The van der Waals surface area contributed by atoms with Crippen LogP contribution < -0.4 is 10.6 Å². The molecule has 2 heterocycles. The van der Waals surface area contributed by atoms with Crippen molar-refractivity contribution in [3.63, 3.8) is 0 Å². The molecule has 1 saturated heterocycles. The second kappa shape index (κ2) is 9.80. The van der Waals surface area contributed by atoms with Gasteiger partial charge in [-0.2, -0.15) is 0 Å². The quantitative estimate of drug-likeness (QED) is 0.450. The van der Waals surface area contributed by atoms with Crippen LogP contribution in [0.4, 0.5) is 0 Å². The summed E-state index contributed by atoms with van der Waals surface area (Å²) in [6.45, 7) is 14.1. The third-order valence-corrected chi connectivity index (χ3v) is 4.71. The van der Waals surface area contributed by atoms with Gasteiger partial charge >= 0.3 is 0 Å². The maximum absolute atomic E-state index is 5.34. The highest BCUT2D eigenvalue weighted by atomic mass is 16.5. The summed E-state index contributed by atoms with van der Waals surface area (Å²) >= 11 is 0. The molecular weight excluding hydrogens is 314 g/mol. The molecule has 6 nitrogen and oxygen atoms in total. The van der Waals surface area contributed by atoms with E-state index in [1.165, 1.54) is 19.5 Å². The molecule has 0 bridgehead atoms. The average Bonchev–Trinajstić information content (AvgIpc) is 3.02. The molecule has 0 amide bonds. The van der Waals surface area contributed by atoms with E-state index in [2.05, 4.69) is 53.4 Å². The summed E-state index contributed by atoms with van der Waals surface area (Å²) < 4.78 is 5.34. The Hall–Kier alpha value is -1.56. The summed E-state index contributed by atoms with van der Waals surface area (Å²) in [5.74, 6) is 3.67. The molecule has 0 radical (unpaired) electrons. The molecule has 1 fully saturated rings. The Bertz CT molecular complexity index is 530. The van der Waals surface area contributed by atoms with Crippen LogP contribution in [0.15, 0.2) is 15.6 Å². The smallest absolute Gasteiger partial charge is 0.191 e. The van der Waals surface area contributed by atoms with E-state index < -0.39 is 0 Å². The van der Waals surface area contributed by atoms with Crippen LogP contribution in [0.5, 0.6) is 0 Å². The summed E-state index contributed by atoms with van der Waals surface area (Å²) in [6, 6.07) is 2.00. The lowest BCUT2D eigenvalue weighted by Crippen LogP contribution is -2.41. The van der Waals surface area contributed by atoms with Gasteiger partial charge < -0.3 is 20.1 Å². The molecule has 0 aliphatic carbocycles. The number of piperidine rings is 1. The van der Waals surface area contributed by atoms with E-state index in [-0.39, 0.29) is 0 Å². The molecule has 25 heavy (non-hydrogen) atoms. The first-order chi connectivity index (χ1) is 12.0. The van der Waals surface area contributed by atoms with Crippen LogP contribution in [0.2, 0.25) is 0 Å². The molecule has 6 heteroatoms. The van der Waals surface area contributed by atoms with Crippen LogP contribution >= 0.6 is 0 Å². The largest absolute Gasteiger partial charge is 0.359 e. The van der Waals surface area contributed by atoms with Gasteiger partial charge in [0.05, 0.1) is 12.2 Å². The SMILES string of the molecule is CN=C(NCCCN1CC(C)CC(C)C1)NCc1cc(C(C)C)no1. The van der Waals surface area contributed by atoms with Crippen molar-refractivity contribution in [2.24, 2.45) is 16.8 Å². The van der Waals surface area contributed by atoms with Gasteiger partial charge in [-0.15, -0.1) is 0 Å². The third kappa shape index (κ3) is 6.69. The van der Waals surface area contributed by atoms with Crippen molar-refractivity contribution in [1.82, 2.24) is 20.7 Å². The maximum Gasteiger partial charge on any atom is 0.191 e. The summed E-state index contributed by atoms with van der Waals surface area (Å²) in [6.07, 6.45) is 2.49. The lowest BCUT2D eigenvalue weighted by molar-refractivity contribution is 0.140. The molecule has 142 valence electrons. The second-order valence-corrected chi connectivity index (χ2v) is 7.78. The number of guanidine groups is 1. The van der Waals surface area contributed by atoms with Gasteiger partial charge in [0.2, 0.25) is 0 Å². The zero-order chi connectivity index (χ0) is 18.2. The first-order valence-electron chi connectivity index (χ1n) is 9.60. The summed E-state index contributed by atoms with van der Waals surface area (Å²) in [5.41, 5.74) is 0.990. The Balaban J connectivity index is 1.64. The fraction of sp³-hybridized carbons (Fsp3) is 0.789. The Morgan fingerprint density at radius 1 is 1.32 bits per heavy atom. The highest BCUT2D eigenvalue weighted by Crippen LogP contribution is 2.20. The lowest BCUT2D eigenvalue weighted by atomic mass is 9.92. The molecule has 2 rings (SSSR count). The van der Waals surface area contributed by atoms with E-state index >= 15 is 0 Å².